The van der Waals surface area contributed by atoms with Gasteiger partial charge in [0.25, 0.3) is 0 Å². The SMILES string of the molecule is CC1(C)[C@H](C(=O)O)[C@H]1C(Br)C(F)(F)Br. The summed E-state index contributed by atoms with van der Waals surface area (Å²) in [6.45, 7) is 3.37. The van der Waals surface area contributed by atoms with Crippen LogP contribution in [0.1, 0.15) is 13.8 Å². The van der Waals surface area contributed by atoms with Gasteiger partial charge in [-0.25, -0.2) is 0 Å². The van der Waals surface area contributed by atoms with E-state index in [1.54, 1.807) is 13.8 Å². The lowest BCUT2D eigenvalue weighted by Crippen LogP contribution is -2.25. The van der Waals surface area contributed by atoms with Gasteiger partial charge in [-0.15, -0.1) is 0 Å². The van der Waals surface area contributed by atoms with Crippen LogP contribution in [0, 0.1) is 17.3 Å². The number of hydrogen-bond donors (Lipinski definition) is 1. The number of rotatable bonds is 3. The number of halogens is 4. The van der Waals surface area contributed by atoms with Crippen LogP contribution in [0.3, 0.4) is 0 Å². The van der Waals surface area contributed by atoms with E-state index >= 15 is 0 Å². The molecule has 0 aromatic heterocycles. The normalized spacial score (nSPS) is 32.4. The van der Waals surface area contributed by atoms with Gasteiger partial charge in [-0.1, -0.05) is 29.8 Å². The molecule has 0 saturated heterocycles. The third-order valence-corrected chi connectivity index (χ3v) is 5.06. The van der Waals surface area contributed by atoms with Crippen molar-refractivity contribution in [2.75, 3.05) is 0 Å². The van der Waals surface area contributed by atoms with E-state index in [4.69, 9.17) is 5.11 Å². The number of aliphatic carboxylic acids is 1. The van der Waals surface area contributed by atoms with Gasteiger partial charge in [0.1, 0.15) is 0 Å². The molecule has 1 N–H and O–H groups in total. The number of hydrogen-bond acceptors (Lipinski definition) is 1. The summed E-state index contributed by atoms with van der Waals surface area (Å²) in [5.74, 6) is -2.26. The molecule has 0 aromatic carbocycles. The number of alkyl halides is 4. The van der Waals surface area contributed by atoms with Gasteiger partial charge in [0.2, 0.25) is 0 Å². The Morgan fingerprint density at radius 3 is 2.21 bits per heavy atom. The van der Waals surface area contributed by atoms with E-state index < -0.39 is 32.9 Å². The summed E-state index contributed by atoms with van der Waals surface area (Å²) in [5, 5.41) is 8.79. The minimum Gasteiger partial charge on any atom is -0.481 e. The van der Waals surface area contributed by atoms with E-state index in [0.717, 1.165) is 0 Å². The molecule has 0 aliphatic heterocycles. The Bertz CT molecular complexity index is 263. The summed E-state index contributed by atoms with van der Waals surface area (Å²) in [6, 6.07) is 0. The third-order valence-electron chi connectivity index (χ3n) is 2.80. The van der Waals surface area contributed by atoms with E-state index in [9.17, 15) is 13.6 Å². The number of carboxylic acids is 1. The molecule has 1 aliphatic rings. The molecule has 1 aliphatic carbocycles. The lowest BCUT2D eigenvalue weighted by molar-refractivity contribution is -0.139. The lowest BCUT2D eigenvalue weighted by atomic mass is 10.1. The van der Waals surface area contributed by atoms with Crippen LogP contribution in [0.5, 0.6) is 0 Å². The smallest absolute Gasteiger partial charge is 0.313 e. The third kappa shape index (κ3) is 1.96. The molecule has 1 unspecified atom stereocenters. The first kappa shape index (κ1) is 12.4. The van der Waals surface area contributed by atoms with Crippen LogP contribution in [0.15, 0.2) is 0 Å². The van der Waals surface area contributed by atoms with Crippen molar-refractivity contribution < 1.29 is 18.7 Å². The zero-order valence-corrected chi connectivity index (χ0v) is 10.8. The van der Waals surface area contributed by atoms with Gasteiger partial charge in [0, 0.05) is 0 Å². The van der Waals surface area contributed by atoms with Crippen LogP contribution in [0.25, 0.3) is 0 Å². The van der Waals surface area contributed by atoms with Crippen LogP contribution >= 0.6 is 31.9 Å². The molecule has 1 saturated carbocycles. The van der Waals surface area contributed by atoms with Crippen molar-refractivity contribution in [3.63, 3.8) is 0 Å². The quantitative estimate of drug-likeness (QED) is 0.805. The van der Waals surface area contributed by atoms with Gasteiger partial charge in [-0.2, -0.15) is 8.78 Å². The molecule has 0 amide bonds. The highest BCUT2D eigenvalue weighted by atomic mass is 79.9. The molecular formula is C8H10Br2F2O2. The van der Waals surface area contributed by atoms with Gasteiger partial charge in [-0.3, -0.25) is 4.79 Å². The molecule has 0 radical (unpaired) electrons. The fourth-order valence-electron chi connectivity index (χ4n) is 1.90. The van der Waals surface area contributed by atoms with Crippen LogP contribution in [-0.2, 0) is 4.79 Å². The van der Waals surface area contributed by atoms with Crippen molar-refractivity contribution in [1.29, 1.82) is 0 Å². The maximum atomic E-state index is 12.9. The lowest BCUT2D eigenvalue weighted by Gasteiger charge is -2.16. The zero-order chi connectivity index (χ0) is 11.3. The molecule has 0 aromatic rings. The molecule has 2 nitrogen and oxygen atoms in total. The van der Waals surface area contributed by atoms with Gasteiger partial charge in [0.05, 0.1) is 10.7 Å². The Hall–Kier alpha value is 0.290. The minimum absolute atomic E-state index is 0.547. The average molecular weight is 336 g/mol. The second-order valence-corrected chi connectivity index (χ2v) is 6.15. The van der Waals surface area contributed by atoms with Crippen molar-refractivity contribution in [1.82, 2.24) is 0 Å². The van der Waals surface area contributed by atoms with Gasteiger partial charge in [-0.05, 0) is 27.3 Å². The van der Waals surface area contributed by atoms with Crippen LogP contribution < -0.4 is 0 Å². The van der Waals surface area contributed by atoms with Crippen molar-refractivity contribution in [3.8, 4) is 0 Å². The van der Waals surface area contributed by atoms with Crippen molar-refractivity contribution in [2.24, 2.45) is 17.3 Å². The fourth-order valence-corrected chi connectivity index (χ4v) is 3.17. The highest BCUT2D eigenvalue weighted by molar-refractivity contribution is 9.12. The van der Waals surface area contributed by atoms with Gasteiger partial charge < -0.3 is 5.11 Å². The van der Waals surface area contributed by atoms with Crippen LogP contribution in [0.4, 0.5) is 8.78 Å². The monoisotopic (exact) mass is 334 g/mol. The van der Waals surface area contributed by atoms with Gasteiger partial charge >= 0.3 is 10.8 Å². The second kappa shape index (κ2) is 3.40. The standard InChI is InChI=1S/C8H10Br2F2O2/c1-7(2)3(4(7)6(13)14)5(9)8(10,11)12/h3-5H,1-2H3,(H,13,14)/t3-,4-,5?/m0/s1. The topological polar surface area (TPSA) is 37.3 Å². The predicted octanol–water partition coefficient (Wildman–Crippen LogP) is 3.09. The molecule has 14 heavy (non-hydrogen) atoms. The molecule has 3 atom stereocenters. The van der Waals surface area contributed by atoms with E-state index in [1.807, 2.05) is 0 Å². The summed E-state index contributed by atoms with van der Waals surface area (Å²) in [5.41, 5.74) is -0.572. The molecule has 0 spiro atoms. The Labute approximate surface area is 97.3 Å². The fraction of sp³-hybridized carbons (Fsp3) is 0.875. The van der Waals surface area contributed by atoms with E-state index in [-0.39, 0.29) is 0 Å². The number of carboxylic acid groups (broad SMARTS) is 1. The largest absolute Gasteiger partial charge is 0.481 e. The minimum atomic E-state index is -3.07. The first-order chi connectivity index (χ1) is 6.10. The van der Waals surface area contributed by atoms with E-state index in [1.165, 1.54) is 0 Å². The molecule has 1 fully saturated rings. The summed E-state index contributed by atoms with van der Waals surface area (Å²) in [7, 11) is 0. The van der Waals surface area contributed by atoms with E-state index in [0.29, 0.717) is 0 Å². The molecular weight excluding hydrogens is 326 g/mol. The Morgan fingerprint density at radius 2 is 2.00 bits per heavy atom. The van der Waals surface area contributed by atoms with Crippen molar-refractivity contribution in [2.45, 2.75) is 23.5 Å². The first-order valence-electron chi connectivity index (χ1n) is 4.03. The molecule has 0 heterocycles. The second-order valence-electron chi connectivity index (χ2n) is 4.11. The maximum absolute atomic E-state index is 12.9. The highest BCUT2D eigenvalue weighted by Crippen LogP contribution is 2.64. The van der Waals surface area contributed by atoms with Crippen LogP contribution in [0.2, 0.25) is 0 Å². The molecule has 6 heteroatoms. The molecule has 0 bridgehead atoms. The maximum Gasteiger partial charge on any atom is 0.313 e. The van der Waals surface area contributed by atoms with Gasteiger partial charge in [0.15, 0.2) is 0 Å². The van der Waals surface area contributed by atoms with Crippen LogP contribution in [-0.4, -0.2) is 20.7 Å². The first-order valence-corrected chi connectivity index (χ1v) is 5.74. The number of carbonyl (C=O) groups is 1. The highest BCUT2D eigenvalue weighted by Gasteiger charge is 2.68. The molecule has 1 rings (SSSR count). The Balaban J connectivity index is 2.79. The zero-order valence-electron chi connectivity index (χ0n) is 7.60. The Kier molecular flexibility index (Phi) is 3.00. The molecule has 82 valence electrons. The summed E-state index contributed by atoms with van der Waals surface area (Å²) < 4.78 is 25.7. The van der Waals surface area contributed by atoms with Crippen molar-refractivity contribution in [3.05, 3.63) is 0 Å². The summed E-state index contributed by atoms with van der Waals surface area (Å²) in [4.78, 5) is 6.52. The summed E-state index contributed by atoms with van der Waals surface area (Å²) in [6.07, 6.45) is 0. The van der Waals surface area contributed by atoms with Crippen molar-refractivity contribution >= 4 is 37.8 Å². The Morgan fingerprint density at radius 1 is 1.57 bits per heavy atom. The van der Waals surface area contributed by atoms with E-state index in [2.05, 4.69) is 31.9 Å². The predicted molar refractivity (Wildman–Crippen MR) is 55.0 cm³/mol. The summed E-state index contributed by atoms with van der Waals surface area (Å²) >= 11 is 5.09. The average Bonchev–Trinajstić information content (AvgIpc) is 2.49.